The van der Waals surface area contributed by atoms with Gasteiger partial charge in [0.25, 0.3) is 5.91 Å². The van der Waals surface area contributed by atoms with Crippen LogP contribution in [0.5, 0.6) is 0 Å². The molecule has 1 spiro atoms. The van der Waals surface area contributed by atoms with Gasteiger partial charge in [0.2, 0.25) is 5.91 Å². The molecule has 0 aromatic heterocycles. The topological polar surface area (TPSA) is 40.6 Å². The Morgan fingerprint density at radius 3 is 2.46 bits per heavy atom. The molecule has 1 unspecified atom stereocenters. The molecule has 3 aliphatic rings. The van der Waals surface area contributed by atoms with Crippen LogP contribution in [-0.2, 0) is 4.79 Å². The molecule has 26 heavy (non-hydrogen) atoms. The van der Waals surface area contributed by atoms with E-state index in [1.165, 1.54) is 0 Å². The minimum atomic E-state index is -0.594. The van der Waals surface area contributed by atoms with Gasteiger partial charge in [-0.1, -0.05) is 30.3 Å². The van der Waals surface area contributed by atoms with Crippen LogP contribution in [0.15, 0.2) is 42.5 Å². The third-order valence-electron chi connectivity index (χ3n) is 6.37. The molecule has 5 rings (SSSR count). The number of piperidine rings is 1. The number of rotatable bonds is 2. The average molecular weight is 348 g/mol. The molecule has 2 amide bonds. The van der Waals surface area contributed by atoms with Crippen molar-refractivity contribution in [3.05, 3.63) is 48.0 Å². The van der Waals surface area contributed by atoms with E-state index >= 15 is 0 Å². The zero-order chi connectivity index (χ0) is 17.7. The van der Waals surface area contributed by atoms with E-state index in [4.69, 9.17) is 0 Å². The fraction of sp³-hybridized carbons (Fsp3) is 0.455. The lowest BCUT2D eigenvalue weighted by atomic mass is 9.85. The molecule has 2 saturated heterocycles. The summed E-state index contributed by atoms with van der Waals surface area (Å²) < 4.78 is 0. The molecule has 2 aromatic carbocycles. The number of carbonyl (C=O) groups excluding carboxylic acids is 2. The maximum absolute atomic E-state index is 13.4. The molecule has 134 valence electrons. The number of fused-ring (bicyclic) bond motifs is 1. The summed E-state index contributed by atoms with van der Waals surface area (Å²) in [5, 5.41) is 2.20. The first kappa shape index (κ1) is 15.9. The summed E-state index contributed by atoms with van der Waals surface area (Å²) in [5.74, 6) is 0.220. The predicted molar refractivity (Wildman–Crippen MR) is 101 cm³/mol. The van der Waals surface area contributed by atoms with Crippen molar-refractivity contribution in [2.24, 2.45) is 0 Å². The second kappa shape index (κ2) is 5.83. The van der Waals surface area contributed by atoms with Gasteiger partial charge >= 0.3 is 0 Å². The Bertz CT molecular complexity index is 889. The normalized spacial score (nSPS) is 26.1. The van der Waals surface area contributed by atoms with Gasteiger partial charge in [-0.15, -0.1) is 0 Å². The highest BCUT2D eigenvalue weighted by atomic mass is 16.2. The van der Waals surface area contributed by atoms with Crippen LogP contribution in [0, 0.1) is 0 Å². The molecule has 2 heterocycles. The van der Waals surface area contributed by atoms with E-state index in [0.29, 0.717) is 18.2 Å². The minimum Gasteiger partial charge on any atom is -0.338 e. The maximum Gasteiger partial charge on any atom is 0.254 e. The van der Waals surface area contributed by atoms with Crippen LogP contribution in [0.1, 0.15) is 48.9 Å². The fourth-order valence-corrected chi connectivity index (χ4v) is 4.89. The van der Waals surface area contributed by atoms with Crippen molar-refractivity contribution < 1.29 is 9.59 Å². The number of hydrogen-bond acceptors (Lipinski definition) is 2. The standard InChI is InChI=1S/C22H24N2O2/c25-20(18-8-7-16-5-1-2-6-17(16)15-18)24-14-4-12-22(24)11-3-13-23(21(22)26)19-9-10-19/h1-2,5-8,15,19H,3-4,9-14H2. The molecular formula is C22H24N2O2. The average Bonchev–Trinajstić information content (AvgIpc) is 3.43. The van der Waals surface area contributed by atoms with Gasteiger partial charge in [-0.3, -0.25) is 9.59 Å². The van der Waals surface area contributed by atoms with Crippen LogP contribution in [0.4, 0.5) is 0 Å². The number of nitrogens with zero attached hydrogens (tertiary/aromatic N) is 2. The van der Waals surface area contributed by atoms with E-state index < -0.39 is 5.54 Å². The molecule has 3 fully saturated rings. The number of likely N-dealkylation sites (tertiary alicyclic amines) is 2. The van der Waals surface area contributed by atoms with E-state index in [1.807, 2.05) is 41.3 Å². The molecule has 4 nitrogen and oxygen atoms in total. The minimum absolute atomic E-state index is 0.0132. The summed E-state index contributed by atoms with van der Waals surface area (Å²) in [7, 11) is 0. The number of hydrogen-bond donors (Lipinski definition) is 0. The lowest BCUT2D eigenvalue weighted by molar-refractivity contribution is -0.146. The van der Waals surface area contributed by atoms with Crippen LogP contribution in [0.3, 0.4) is 0 Å². The maximum atomic E-state index is 13.4. The first-order chi connectivity index (χ1) is 12.7. The second-order valence-corrected chi connectivity index (χ2v) is 7.99. The predicted octanol–water partition coefficient (Wildman–Crippen LogP) is 3.60. The van der Waals surface area contributed by atoms with Crippen molar-refractivity contribution in [1.82, 2.24) is 9.80 Å². The highest BCUT2D eigenvalue weighted by Crippen LogP contribution is 2.42. The summed E-state index contributed by atoms with van der Waals surface area (Å²) in [5.41, 5.74) is 0.102. The van der Waals surface area contributed by atoms with Gasteiger partial charge in [-0.2, -0.15) is 0 Å². The molecule has 1 saturated carbocycles. The Morgan fingerprint density at radius 2 is 1.69 bits per heavy atom. The van der Waals surface area contributed by atoms with E-state index in [0.717, 1.165) is 55.8 Å². The Morgan fingerprint density at radius 1 is 0.962 bits per heavy atom. The highest BCUT2D eigenvalue weighted by molar-refractivity contribution is 6.02. The van der Waals surface area contributed by atoms with Gasteiger partial charge in [0.15, 0.2) is 0 Å². The van der Waals surface area contributed by atoms with E-state index in [9.17, 15) is 9.59 Å². The van der Waals surface area contributed by atoms with E-state index in [-0.39, 0.29) is 11.8 Å². The Kier molecular flexibility index (Phi) is 3.56. The Labute approximate surface area is 153 Å². The van der Waals surface area contributed by atoms with Crippen molar-refractivity contribution in [2.75, 3.05) is 13.1 Å². The van der Waals surface area contributed by atoms with Crippen molar-refractivity contribution in [2.45, 2.75) is 50.1 Å². The molecule has 4 heteroatoms. The molecular weight excluding hydrogens is 324 g/mol. The van der Waals surface area contributed by atoms with E-state index in [2.05, 4.69) is 11.0 Å². The van der Waals surface area contributed by atoms with Gasteiger partial charge in [0.05, 0.1) is 0 Å². The first-order valence-electron chi connectivity index (χ1n) is 9.81. The van der Waals surface area contributed by atoms with Crippen LogP contribution in [-0.4, -0.2) is 46.3 Å². The van der Waals surface area contributed by atoms with Gasteiger partial charge < -0.3 is 9.80 Å². The zero-order valence-corrected chi connectivity index (χ0v) is 15.0. The van der Waals surface area contributed by atoms with Crippen molar-refractivity contribution in [3.63, 3.8) is 0 Å². The van der Waals surface area contributed by atoms with Gasteiger partial charge in [-0.05, 0) is 61.4 Å². The zero-order valence-electron chi connectivity index (χ0n) is 15.0. The summed E-state index contributed by atoms with van der Waals surface area (Å²) in [6, 6.07) is 14.4. The number of amides is 2. The van der Waals surface area contributed by atoms with Gasteiger partial charge in [0, 0.05) is 24.7 Å². The van der Waals surface area contributed by atoms with E-state index in [1.54, 1.807) is 0 Å². The third kappa shape index (κ3) is 2.35. The van der Waals surface area contributed by atoms with Crippen LogP contribution in [0.25, 0.3) is 10.8 Å². The monoisotopic (exact) mass is 348 g/mol. The molecule has 1 aliphatic carbocycles. The molecule has 2 aromatic rings. The second-order valence-electron chi connectivity index (χ2n) is 7.99. The quantitative estimate of drug-likeness (QED) is 0.832. The SMILES string of the molecule is O=C(c1ccc2ccccc2c1)N1CCCC12CCCN(C1CC1)C2=O. The molecule has 0 bridgehead atoms. The third-order valence-corrected chi connectivity index (χ3v) is 6.37. The molecule has 0 N–H and O–H groups in total. The molecule has 2 aliphatic heterocycles. The summed E-state index contributed by atoms with van der Waals surface area (Å²) in [4.78, 5) is 30.6. The summed E-state index contributed by atoms with van der Waals surface area (Å²) in [6.07, 6.45) is 5.80. The van der Waals surface area contributed by atoms with Crippen molar-refractivity contribution in [3.8, 4) is 0 Å². The van der Waals surface area contributed by atoms with Crippen molar-refractivity contribution >= 4 is 22.6 Å². The molecule has 1 atom stereocenters. The first-order valence-corrected chi connectivity index (χ1v) is 9.81. The van der Waals surface area contributed by atoms with Gasteiger partial charge in [-0.25, -0.2) is 0 Å². The smallest absolute Gasteiger partial charge is 0.254 e. The highest BCUT2D eigenvalue weighted by Gasteiger charge is 2.54. The van der Waals surface area contributed by atoms with Crippen LogP contribution < -0.4 is 0 Å². The van der Waals surface area contributed by atoms with Crippen LogP contribution >= 0.6 is 0 Å². The lowest BCUT2D eigenvalue weighted by Crippen LogP contribution is -2.61. The largest absolute Gasteiger partial charge is 0.338 e. The number of benzene rings is 2. The summed E-state index contributed by atoms with van der Waals surface area (Å²) >= 11 is 0. The lowest BCUT2D eigenvalue weighted by Gasteiger charge is -2.44. The molecule has 0 radical (unpaired) electrons. The Hall–Kier alpha value is -2.36. The summed E-state index contributed by atoms with van der Waals surface area (Å²) in [6.45, 7) is 1.55. The Balaban J connectivity index is 1.49. The van der Waals surface area contributed by atoms with Crippen LogP contribution in [0.2, 0.25) is 0 Å². The van der Waals surface area contributed by atoms with Crippen molar-refractivity contribution in [1.29, 1.82) is 0 Å². The fourth-order valence-electron chi connectivity index (χ4n) is 4.89. The van der Waals surface area contributed by atoms with Gasteiger partial charge in [0.1, 0.15) is 5.54 Å². The number of carbonyl (C=O) groups is 2.